The van der Waals surface area contributed by atoms with Crippen molar-refractivity contribution in [2.24, 2.45) is 5.84 Å². The van der Waals surface area contributed by atoms with Gasteiger partial charge in [0.15, 0.2) is 0 Å². The van der Waals surface area contributed by atoms with Gasteiger partial charge in [-0.2, -0.15) is 0 Å². The fraction of sp³-hybridized carbons (Fsp3) is 0.143. The van der Waals surface area contributed by atoms with E-state index in [1.54, 1.807) is 12.1 Å². The molecule has 0 unspecified atom stereocenters. The lowest BCUT2D eigenvalue weighted by Crippen LogP contribution is -2.41. The minimum atomic E-state index is -1.63. The number of benzene rings is 1. The fourth-order valence-corrected chi connectivity index (χ4v) is 1.31. The number of halogens is 4. The average molecular weight is 304 g/mol. The van der Waals surface area contributed by atoms with E-state index in [1.807, 2.05) is 12.1 Å². The summed E-state index contributed by atoms with van der Waals surface area (Å²) in [4.78, 5) is 0. The van der Waals surface area contributed by atoms with Crippen molar-refractivity contribution in [2.45, 2.75) is 3.92 Å². The van der Waals surface area contributed by atoms with E-state index in [1.165, 1.54) is 0 Å². The van der Waals surface area contributed by atoms with E-state index in [4.69, 9.17) is 40.6 Å². The third-order valence-electron chi connectivity index (χ3n) is 1.38. The van der Waals surface area contributed by atoms with Crippen LogP contribution >= 0.6 is 50.7 Å². The second-order valence-corrected chi connectivity index (χ2v) is 5.45. The van der Waals surface area contributed by atoms with Crippen LogP contribution in [0.25, 0.3) is 0 Å². The van der Waals surface area contributed by atoms with Crippen LogP contribution in [-0.4, -0.2) is 3.92 Å². The van der Waals surface area contributed by atoms with E-state index in [2.05, 4.69) is 15.9 Å². The highest BCUT2D eigenvalue weighted by atomic mass is 79.9. The van der Waals surface area contributed by atoms with Crippen LogP contribution in [0, 0.1) is 0 Å². The lowest BCUT2D eigenvalue weighted by Gasteiger charge is -2.25. The Morgan fingerprint density at radius 3 is 2.00 bits per heavy atom. The molecule has 0 fully saturated rings. The van der Waals surface area contributed by atoms with Crippen LogP contribution in [0.2, 0.25) is 0 Å². The summed E-state index contributed by atoms with van der Waals surface area (Å²) < 4.78 is -0.692. The predicted octanol–water partition coefficient (Wildman–Crippen LogP) is 3.46. The zero-order chi connectivity index (χ0) is 10.1. The molecule has 0 aliphatic heterocycles. The lowest BCUT2D eigenvalue weighted by atomic mass is 10.3. The Hall–Kier alpha value is 0.330. The first-order valence-corrected chi connectivity index (χ1v) is 5.21. The van der Waals surface area contributed by atoms with Crippen LogP contribution in [0.5, 0.6) is 0 Å². The van der Waals surface area contributed by atoms with Gasteiger partial charge in [-0.15, -0.1) is 0 Å². The molecule has 0 aliphatic rings. The molecular formula is C7H6BrCl3N2. The van der Waals surface area contributed by atoms with Crippen molar-refractivity contribution in [3.63, 3.8) is 0 Å². The SMILES string of the molecule is NN(c1ccc(Br)cc1)C(Cl)(Cl)Cl. The fourth-order valence-electron chi connectivity index (χ4n) is 0.748. The number of hydrogen-bond donors (Lipinski definition) is 1. The molecule has 0 bridgehead atoms. The molecule has 2 N–H and O–H groups in total. The summed E-state index contributed by atoms with van der Waals surface area (Å²) in [6, 6.07) is 7.11. The van der Waals surface area contributed by atoms with Crippen molar-refractivity contribution in [3.8, 4) is 0 Å². The molecule has 0 atom stereocenters. The van der Waals surface area contributed by atoms with E-state index < -0.39 is 3.92 Å². The van der Waals surface area contributed by atoms with Crippen molar-refractivity contribution in [2.75, 3.05) is 5.01 Å². The molecule has 0 heterocycles. The molecule has 0 aliphatic carbocycles. The summed E-state index contributed by atoms with van der Waals surface area (Å²) in [5.41, 5.74) is 0.628. The quantitative estimate of drug-likeness (QED) is 0.373. The average Bonchev–Trinajstić information content (AvgIpc) is 2.03. The van der Waals surface area contributed by atoms with Gasteiger partial charge in [0.1, 0.15) is 0 Å². The zero-order valence-corrected chi connectivity index (χ0v) is 10.2. The molecule has 13 heavy (non-hydrogen) atoms. The predicted molar refractivity (Wildman–Crippen MR) is 61.1 cm³/mol. The normalized spacial score (nSPS) is 11.5. The molecule has 72 valence electrons. The van der Waals surface area contributed by atoms with Gasteiger partial charge in [-0.1, -0.05) is 50.7 Å². The molecule has 6 heteroatoms. The van der Waals surface area contributed by atoms with Gasteiger partial charge in [0.05, 0.1) is 5.69 Å². The highest BCUT2D eigenvalue weighted by molar-refractivity contribution is 9.10. The van der Waals surface area contributed by atoms with Gasteiger partial charge in [-0.25, -0.2) is 5.84 Å². The van der Waals surface area contributed by atoms with Crippen LogP contribution in [0.3, 0.4) is 0 Å². The van der Waals surface area contributed by atoms with Crippen LogP contribution in [0.1, 0.15) is 0 Å². The summed E-state index contributed by atoms with van der Waals surface area (Å²) in [7, 11) is 0. The number of anilines is 1. The van der Waals surface area contributed by atoms with E-state index in [9.17, 15) is 0 Å². The van der Waals surface area contributed by atoms with Gasteiger partial charge >= 0.3 is 0 Å². The van der Waals surface area contributed by atoms with E-state index in [-0.39, 0.29) is 0 Å². The van der Waals surface area contributed by atoms with Gasteiger partial charge in [0.25, 0.3) is 3.92 Å². The summed E-state index contributed by atoms with van der Waals surface area (Å²) in [6.45, 7) is 0. The smallest absolute Gasteiger partial charge is 0.264 e. The number of alkyl halides is 3. The van der Waals surface area contributed by atoms with Gasteiger partial charge in [-0.3, -0.25) is 5.01 Å². The summed E-state index contributed by atoms with van der Waals surface area (Å²) >= 11 is 20.0. The summed E-state index contributed by atoms with van der Waals surface area (Å²) in [5.74, 6) is 5.54. The van der Waals surface area contributed by atoms with Gasteiger partial charge in [0, 0.05) is 4.47 Å². The van der Waals surface area contributed by atoms with Crippen LogP contribution in [0.15, 0.2) is 28.7 Å². The monoisotopic (exact) mass is 302 g/mol. The molecule has 1 rings (SSSR count). The third-order valence-corrected chi connectivity index (χ3v) is 2.45. The second kappa shape index (κ2) is 4.24. The maximum Gasteiger partial charge on any atom is 0.281 e. The Labute approximate surface area is 99.6 Å². The molecule has 2 nitrogen and oxygen atoms in total. The molecule has 0 radical (unpaired) electrons. The zero-order valence-electron chi connectivity index (χ0n) is 6.35. The van der Waals surface area contributed by atoms with E-state index in [0.717, 1.165) is 9.48 Å². The third kappa shape index (κ3) is 3.18. The molecule has 0 spiro atoms. The number of nitrogens with two attached hydrogens (primary N) is 1. The molecule has 0 amide bonds. The van der Waals surface area contributed by atoms with Crippen molar-refractivity contribution >= 4 is 56.4 Å². The Morgan fingerprint density at radius 2 is 1.62 bits per heavy atom. The molecular weight excluding hydrogens is 298 g/mol. The van der Waals surface area contributed by atoms with E-state index >= 15 is 0 Å². The summed E-state index contributed by atoms with van der Waals surface area (Å²) in [5, 5.41) is 1.06. The minimum absolute atomic E-state index is 0.628. The Balaban J connectivity index is 2.90. The van der Waals surface area contributed by atoms with Crippen molar-refractivity contribution < 1.29 is 0 Å². The van der Waals surface area contributed by atoms with E-state index in [0.29, 0.717) is 5.69 Å². The largest absolute Gasteiger partial charge is 0.281 e. The van der Waals surface area contributed by atoms with Crippen molar-refractivity contribution in [1.82, 2.24) is 0 Å². The maximum absolute atomic E-state index is 5.58. The summed E-state index contributed by atoms with van der Waals surface area (Å²) in [6.07, 6.45) is 0. The Bertz CT molecular complexity index is 283. The van der Waals surface area contributed by atoms with Gasteiger partial charge in [0.2, 0.25) is 0 Å². The first kappa shape index (κ1) is 11.4. The van der Waals surface area contributed by atoms with Crippen LogP contribution < -0.4 is 10.9 Å². The highest BCUT2D eigenvalue weighted by Gasteiger charge is 2.27. The molecule has 1 aromatic rings. The minimum Gasteiger partial charge on any atom is -0.264 e. The first-order valence-electron chi connectivity index (χ1n) is 3.28. The Kier molecular flexibility index (Phi) is 3.72. The molecule has 0 saturated carbocycles. The van der Waals surface area contributed by atoms with Crippen LogP contribution in [-0.2, 0) is 0 Å². The first-order chi connectivity index (χ1) is 5.91. The van der Waals surface area contributed by atoms with Crippen molar-refractivity contribution in [3.05, 3.63) is 28.7 Å². The molecule has 0 saturated heterocycles. The second-order valence-electron chi connectivity index (χ2n) is 2.31. The topological polar surface area (TPSA) is 29.3 Å². The number of nitrogens with zero attached hydrogens (tertiary/aromatic N) is 1. The molecule has 1 aromatic carbocycles. The van der Waals surface area contributed by atoms with Gasteiger partial charge < -0.3 is 0 Å². The number of rotatable bonds is 1. The lowest BCUT2D eigenvalue weighted by molar-refractivity contribution is 0.890. The van der Waals surface area contributed by atoms with Crippen molar-refractivity contribution in [1.29, 1.82) is 0 Å². The maximum atomic E-state index is 5.58. The number of hydrazine groups is 1. The Morgan fingerprint density at radius 1 is 1.15 bits per heavy atom. The molecule has 0 aromatic heterocycles. The van der Waals surface area contributed by atoms with Gasteiger partial charge in [-0.05, 0) is 24.3 Å². The standard InChI is InChI=1S/C7H6BrCl3N2/c8-5-1-3-6(4-2-5)13(12)7(9,10)11/h1-4H,12H2. The highest BCUT2D eigenvalue weighted by Crippen LogP contribution is 2.32. The van der Waals surface area contributed by atoms with Crippen LogP contribution in [0.4, 0.5) is 5.69 Å². The number of hydrogen-bond acceptors (Lipinski definition) is 2.